The van der Waals surface area contributed by atoms with Gasteiger partial charge in [0.1, 0.15) is 5.82 Å². The van der Waals surface area contributed by atoms with Crippen LogP contribution in [0.2, 0.25) is 0 Å². The molecule has 17 heavy (non-hydrogen) atoms. The molecule has 2 aromatic rings. The molecule has 1 unspecified atom stereocenters. The van der Waals surface area contributed by atoms with Crippen LogP contribution in [0.3, 0.4) is 0 Å². The molecule has 0 spiro atoms. The molecule has 0 bridgehead atoms. The van der Waals surface area contributed by atoms with Crippen LogP contribution in [0.5, 0.6) is 0 Å². The van der Waals surface area contributed by atoms with Gasteiger partial charge in [-0.2, -0.15) is 0 Å². The topological polar surface area (TPSA) is 40.7 Å². The van der Waals surface area contributed by atoms with Gasteiger partial charge < -0.3 is 10.3 Å². The molecular weight excluding hydrogens is 210 g/mol. The average molecular weight is 229 g/mol. The van der Waals surface area contributed by atoms with Crippen molar-refractivity contribution in [3.8, 4) is 0 Å². The number of aromatic nitrogens is 2. The van der Waals surface area contributed by atoms with Crippen molar-refractivity contribution in [2.75, 3.05) is 5.32 Å². The van der Waals surface area contributed by atoms with Crippen molar-refractivity contribution in [1.82, 2.24) is 9.97 Å². The maximum atomic E-state index is 4.17. The molecule has 1 heterocycles. The molecule has 90 valence electrons. The first-order valence-corrected chi connectivity index (χ1v) is 6.11. The van der Waals surface area contributed by atoms with Crippen molar-refractivity contribution in [3.63, 3.8) is 0 Å². The Morgan fingerprint density at radius 3 is 2.65 bits per heavy atom. The fraction of sp³-hybridized carbons (Fsp3) is 0.357. The van der Waals surface area contributed by atoms with E-state index in [4.69, 9.17) is 0 Å². The molecule has 0 radical (unpaired) electrons. The highest BCUT2D eigenvalue weighted by atomic mass is 15.0. The first-order chi connectivity index (χ1) is 8.29. The predicted octanol–water partition coefficient (Wildman–Crippen LogP) is 3.54. The lowest BCUT2D eigenvalue weighted by Crippen LogP contribution is -2.01. The van der Waals surface area contributed by atoms with Gasteiger partial charge in [-0.15, -0.1) is 0 Å². The molecule has 1 aromatic carbocycles. The smallest absolute Gasteiger partial charge is 0.125 e. The fourth-order valence-electron chi connectivity index (χ4n) is 1.75. The second kappa shape index (κ2) is 5.53. The zero-order valence-electron chi connectivity index (χ0n) is 10.4. The van der Waals surface area contributed by atoms with Crippen LogP contribution in [-0.2, 0) is 6.54 Å². The van der Waals surface area contributed by atoms with Crippen LogP contribution in [-0.4, -0.2) is 9.97 Å². The van der Waals surface area contributed by atoms with Crippen LogP contribution in [0.15, 0.2) is 36.7 Å². The summed E-state index contributed by atoms with van der Waals surface area (Å²) < 4.78 is 0. The van der Waals surface area contributed by atoms with Crippen molar-refractivity contribution < 1.29 is 0 Å². The summed E-state index contributed by atoms with van der Waals surface area (Å²) in [6.45, 7) is 5.20. The van der Waals surface area contributed by atoms with Gasteiger partial charge in [-0.05, 0) is 30.0 Å². The highest BCUT2D eigenvalue weighted by molar-refractivity contribution is 5.45. The highest BCUT2D eigenvalue weighted by Gasteiger charge is 2.02. The third kappa shape index (κ3) is 3.09. The van der Waals surface area contributed by atoms with Crippen molar-refractivity contribution in [3.05, 3.63) is 48.0 Å². The minimum Gasteiger partial charge on any atom is -0.378 e. The summed E-state index contributed by atoms with van der Waals surface area (Å²) in [6, 6.07) is 8.64. The SMILES string of the molecule is CCC(C)c1ccc(NCc2ncc[nH]2)cc1. The number of hydrogen-bond donors (Lipinski definition) is 2. The van der Waals surface area contributed by atoms with Crippen LogP contribution in [0.25, 0.3) is 0 Å². The van der Waals surface area contributed by atoms with Gasteiger partial charge in [0, 0.05) is 18.1 Å². The molecule has 0 saturated carbocycles. The molecule has 2 N–H and O–H groups in total. The number of H-pyrrole nitrogens is 1. The summed E-state index contributed by atoms with van der Waals surface area (Å²) in [6.07, 6.45) is 4.78. The number of hydrogen-bond acceptors (Lipinski definition) is 2. The number of nitrogens with zero attached hydrogens (tertiary/aromatic N) is 1. The fourth-order valence-corrected chi connectivity index (χ4v) is 1.75. The van der Waals surface area contributed by atoms with Crippen LogP contribution in [0.1, 0.15) is 37.6 Å². The van der Waals surface area contributed by atoms with E-state index in [0.29, 0.717) is 5.92 Å². The van der Waals surface area contributed by atoms with E-state index in [1.54, 1.807) is 6.20 Å². The Morgan fingerprint density at radius 1 is 1.29 bits per heavy atom. The summed E-state index contributed by atoms with van der Waals surface area (Å²) in [7, 11) is 0. The summed E-state index contributed by atoms with van der Waals surface area (Å²) in [5.74, 6) is 1.59. The minimum atomic E-state index is 0.633. The Morgan fingerprint density at radius 2 is 2.06 bits per heavy atom. The third-order valence-corrected chi connectivity index (χ3v) is 3.11. The molecular formula is C14H19N3. The van der Waals surface area contributed by atoms with E-state index in [1.807, 2.05) is 6.20 Å². The molecule has 3 heteroatoms. The molecule has 0 saturated heterocycles. The minimum absolute atomic E-state index is 0.633. The van der Waals surface area contributed by atoms with Crippen LogP contribution in [0.4, 0.5) is 5.69 Å². The Bertz CT molecular complexity index is 431. The molecule has 0 aliphatic rings. The first kappa shape index (κ1) is 11.7. The van der Waals surface area contributed by atoms with Crippen LogP contribution < -0.4 is 5.32 Å². The van der Waals surface area contributed by atoms with Crippen molar-refractivity contribution >= 4 is 5.69 Å². The summed E-state index contributed by atoms with van der Waals surface area (Å²) in [5.41, 5.74) is 2.53. The maximum Gasteiger partial charge on any atom is 0.125 e. The molecule has 0 aliphatic carbocycles. The predicted molar refractivity (Wildman–Crippen MR) is 71.1 cm³/mol. The van der Waals surface area contributed by atoms with Crippen LogP contribution >= 0.6 is 0 Å². The lowest BCUT2D eigenvalue weighted by Gasteiger charge is -2.10. The van der Waals surface area contributed by atoms with E-state index < -0.39 is 0 Å². The van der Waals surface area contributed by atoms with Crippen molar-refractivity contribution in [1.29, 1.82) is 0 Å². The molecule has 1 aromatic heterocycles. The quantitative estimate of drug-likeness (QED) is 0.823. The summed E-state index contributed by atoms with van der Waals surface area (Å²) >= 11 is 0. The monoisotopic (exact) mass is 229 g/mol. The standard InChI is InChI=1S/C14H19N3/c1-3-11(2)12-4-6-13(7-5-12)17-10-14-15-8-9-16-14/h4-9,11,17H,3,10H2,1-2H3,(H,15,16). The summed E-state index contributed by atoms with van der Waals surface area (Å²) in [5, 5.41) is 3.34. The number of anilines is 1. The van der Waals surface area contributed by atoms with E-state index in [1.165, 1.54) is 12.0 Å². The lowest BCUT2D eigenvalue weighted by atomic mass is 9.99. The maximum absolute atomic E-state index is 4.17. The number of nitrogens with one attached hydrogen (secondary N) is 2. The lowest BCUT2D eigenvalue weighted by molar-refractivity contribution is 0.734. The van der Waals surface area contributed by atoms with Gasteiger partial charge in [-0.3, -0.25) is 0 Å². The molecule has 2 rings (SSSR count). The van der Waals surface area contributed by atoms with E-state index >= 15 is 0 Å². The Kier molecular flexibility index (Phi) is 3.81. The average Bonchev–Trinajstić information content (AvgIpc) is 2.89. The number of aromatic amines is 1. The van der Waals surface area contributed by atoms with Crippen LogP contribution in [0, 0.1) is 0 Å². The Labute approximate surface area is 102 Å². The highest BCUT2D eigenvalue weighted by Crippen LogP contribution is 2.20. The molecule has 0 aliphatic heterocycles. The Balaban J connectivity index is 1.94. The zero-order valence-corrected chi connectivity index (χ0v) is 10.4. The Hall–Kier alpha value is -1.77. The second-order valence-electron chi connectivity index (χ2n) is 4.32. The van der Waals surface area contributed by atoms with Crippen molar-refractivity contribution in [2.24, 2.45) is 0 Å². The van der Waals surface area contributed by atoms with Gasteiger partial charge in [0.15, 0.2) is 0 Å². The molecule has 0 fully saturated rings. The van der Waals surface area contributed by atoms with E-state index in [-0.39, 0.29) is 0 Å². The molecule has 0 amide bonds. The van der Waals surface area contributed by atoms with Gasteiger partial charge in [0.2, 0.25) is 0 Å². The molecule has 1 atom stereocenters. The van der Waals surface area contributed by atoms with Gasteiger partial charge in [0.05, 0.1) is 6.54 Å². The molecule has 3 nitrogen and oxygen atoms in total. The van der Waals surface area contributed by atoms with E-state index in [2.05, 4.69) is 53.4 Å². The van der Waals surface area contributed by atoms with E-state index in [9.17, 15) is 0 Å². The van der Waals surface area contributed by atoms with Gasteiger partial charge in [0.25, 0.3) is 0 Å². The normalized spacial score (nSPS) is 12.4. The second-order valence-corrected chi connectivity index (χ2v) is 4.32. The third-order valence-electron chi connectivity index (χ3n) is 3.11. The summed E-state index contributed by atoms with van der Waals surface area (Å²) in [4.78, 5) is 7.24. The first-order valence-electron chi connectivity index (χ1n) is 6.11. The number of rotatable bonds is 5. The largest absolute Gasteiger partial charge is 0.378 e. The van der Waals surface area contributed by atoms with Crippen molar-refractivity contribution in [2.45, 2.75) is 32.7 Å². The van der Waals surface area contributed by atoms with Gasteiger partial charge in [-0.25, -0.2) is 4.98 Å². The van der Waals surface area contributed by atoms with Gasteiger partial charge in [-0.1, -0.05) is 26.0 Å². The zero-order chi connectivity index (χ0) is 12.1. The number of imidazole rings is 1. The number of benzene rings is 1. The van der Waals surface area contributed by atoms with E-state index in [0.717, 1.165) is 18.1 Å². The van der Waals surface area contributed by atoms with Gasteiger partial charge >= 0.3 is 0 Å².